The standard InChI is InChI=1S/C19H33N5O2S.HI/c1-6-15-11-21-16(27-15)12-22-17(20-7-2)23-14-9-8-10-24(13-14)18(25)26-19(3,4)5;/h11,14H,6-10,12-13H2,1-5H3,(H2,20,22,23);1H. The van der Waals surface area contributed by atoms with Gasteiger partial charge in [-0.2, -0.15) is 0 Å². The summed E-state index contributed by atoms with van der Waals surface area (Å²) in [5.41, 5.74) is -0.473. The summed E-state index contributed by atoms with van der Waals surface area (Å²) < 4.78 is 5.50. The van der Waals surface area contributed by atoms with Crippen molar-refractivity contribution in [3.8, 4) is 0 Å². The molecule has 2 rings (SSSR count). The smallest absolute Gasteiger partial charge is 0.410 e. The Morgan fingerprint density at radius 1 is 1.43 bits per heavy atom. The summed E-state index contributed by atoms with van der Waals surface area (Å²) in [6.07, 6.45) is 4.63. The fraction of sp³-hybridized carbons (Fsp3) is 0.737. The topological polar surface area (TPSA) is 78.9 Å². The molecule has 1 atom stereocenters. The molecule has 1 saturated heterocycles. The van der Waals surface area contributed by atoms with Crippen molar-refractivity contribution in [3.05, 3.63) is 16.1 Å². The van der Waals surface area contributed by atoms with Crippen LogP contribution in [0.4, 0.5) is 4.79 Å². The van der Waals surface area contributed by atoms with Crippen LogP contribution in [0.1, 0.15) is 57.3 Å². The Morgan fingerprint density at radius 3 is 2.79 bits per heavy atom. The maximum Gasteiger partial charge on any atom is 0.410 e. The number of carbonyl (C=O) groups is 1. The number of hydrogen-bond donors (Lipinski definition) is 2. The second-order valence-corrected chi connectivity index (χ2v) is 8.88. The molecule has 1 aliphatic heterocycles. The number of aryl methyl sites for hydroxylation is 1. The molecule has 0 aromatic carbocycles. The van der Waals surface area contributed by atoms with Crippen molar-refractivity contribution in [2.24, 2.45) is 4.99 Å². The van der Waals surface area contributed by atoms with Gasteiger partial charge in [-0.25, -0.2) is 14.8 Å². The van der Waals surface area contributed by atoms with Gasteiger partial charge >= 0.3 is 6.09 Å². The third kappa shape index (κ3) is 8.50. The Morgan fingerprint density at radius 2 is 2.18 bits per heavy atom. The van der Waals surface area contributed by atoms with E-state index in [1.807, 2.05) is 33.9 Å². The molecule has 1 amide bonds. The van der Waals surface area contributed by atoms with Crippen LogP contribution in [0.15, 0.2) is 11.2 Å². The summed E-state index contributed by atoms with van der Waals surface area (Å²) in [7, 11) is 0. The second kappa shape index (κ2) is 11.8. The molecule has 9 heteroatoms. The molecular formula is C19H34IN5O2S. The number of aliphatic imine (C=N–C) groups is 1. The molecule has 28 heavy (non-hydrogen) atoms. The lowest BCUT2D eigenvalue weighted by atomic mass is 10.1. The lowest BCUT2D eigenvalue weighted by molar-refractivity contribution is 0.0193. The number of nitrogens with zero attached hydrogens (tertiary/aromatic N) is 3. The first-order valence-electron chi connectivity index (χ1n) is 9.77. The molecule has 0 radical (unpaired) electrons. The average Bonchev–Trinajstić information content (AvgIpc) is 3.07. The van der Waals surface area contributed by atoms with Crippen LogP contribution in [-0.2, 0) is 17.7 Å². The Labute approximate surface area is 189 Å². The van der Waals surface area contributed by atoms with Gasteiger partial charge in [-0.3, -0.25) is 0 Å². The Bertz CT molecular complexity index is 645. The van der Waals surface area contributed by atoms with E-state index in [4.69, 9.17) is 4.74 Å². The minimum absolute atomic E-state index is 0. The van der Waals surface area contributed by atoms with Crippen LogP contribution in [0.5, 0.6) is 0 Å². The molecule has 1 aromatic heterocycles. The minimum atomic E-state index is -0.473. The third-order valence-corrected chi connectivity index (χ3v) is 5.21. The van der Waals surface area contributed by atoms with Gasteiger partial charge in [0.05, 0.1) is 6.54 Å². The lowest BCUT2D eigenvalue weighted by Gasteiger charge is -2.35. The Hall–Kier alpha value is -1.10. The predicted molar refractivity (Wildman–Crippen MR) is 126 cm³/mol. The maximum absolute atomic E-state index is 12.3. The zero-order valence-corrected chi connectivity index (χ0v) is 20.7. The number of rotatable bonds is 5. The number of nitrogens with one attached hydrogen (secondary N) is 2. The largest absolute Gasteiger partial charge is 0.444 e. The van der Waals surface area contributed by atoms with Gasteiger partial charge in [-0.05, 0) is 47.0 Å². The van der Waals surface area contributed by atoms with E-state index in [1.165, 1.54) is 4.88 Å². The van der Waals surface area contributed by atoms with Crippen LogP contribution in [0.3, 0.4) is 0 Å². The van der Waals surface area contributed by atoms with Crippen LogP contribution in [0.25, 0.3) is 0 Å². The molecule has 1 aliphatic rings. The van der Waals surface area contributed by atoms with E-state index in [9.17, 15) is 4.79 Å². The molecule has 1 unspecified atom stereocenters. The number of guanidine groups is 1. The zero-order valence-electron chi connectivity index (χ0n) is 17.6. The fourth-order valence-corrected chi connectivity index (χ4v) is 3.62. The minimum Gasteiger partial charge on any atom is -0.444 e. The third-order valence-electron chi connectivity index (χ3n) is 4.08. The lowest BCUT2D eigenvalue weighted by Crippen LogP contribution is -2.53. The number of thiazole rings is 1. The van der Waals surface area contributed by atoms with E-state index < -0.39 is 5.60 Å². The Kier molecular flexibility index (Phi) is 10.5. The van der Waals surface area contributed by atoms with Crippen LogP contribution in [0.2, 0.25) is 0 Å². The van der Waals surface area contributed by atoms with Gasteiger partial charge in [0.1, 0.15) is 10.6 Å². The van der Waals surface area contributed by atoms with Crippen LogP contribution in [0, 0.1) is 0 Å². The highest BCUT2D eigenvalue weighted by Gasteiger charge is 2.28. The van der Waals surface area contributed by atoms with Crippen LogP contribution in [-0.4, -0.2) is 53.2 Å². The fourth-order valence-electron chi connectivity index (χ4n) is 2.83. The van der Waals surface area contributed by atoms with Gasteiger partial charge < -0.3 is 20.3 Å². The van der Waals surface area contributed by atoms with E-state index in [2.05, 4.69) is 27.5 Å². The number of carbonyl (C=O) groups excluding carboxylic acids is 1. The van der Waals surface area contributed by atoms with Crippen molar-refractivity contribution < 1.29 is 9.53 Å². The number of piperidine rings is 1. The van der Waals surface area contributed by atoms with Crippen LogP contribution >= 0.6 is 35.3 Å². The SMILES string of the molecule is CCNC(=NCc1ncc(CC)s1)NC1CCCN(C(=O)OC(C)(C)C)C1.I. The van der Waals surface area contributed by atoms with Crippen molar-refractivity contribution in [3.63, 3.8) is 0 Å². The first-order chi connectivity index (χ1) is 12.8. The van der Waals surface area contributed by atoms with Gasteiger partial charge in [-0.15, -0.1) is 35.3 Å². The summed E-state index contributed by atoms with van der Waals surface area (Å²) >= 11 is 1.71. The summed E-state index contributed by atoms with van der Waals surface area (Å²) in [5, 5.41) is 7.76. The zero-order chi connectivity index (χ0) is 19.9. The summed E-state index contributed by atoms with van der Waals surface area (Å²) in [6, 6.07) is 0.159. The number of likely N-dealkylation sites (tertiary alicyclic amines) is 1. The first kappa shape index (κ1) is 24.9. The van der Waals surface area contributed by atoms with E-state index in [0.29, 0.717) is 13.1 Å². The molecule has 1 aromatic rings. The van der Waals surface area contributed by atoms with Gasteiger partial charge in [0.2, 0.25) is 0 Å². The van der Waals surface area contributed by atoms with Gasteiger partial charge in [0.15, 0.2) is 5.96 Å². The number of aromatic nitrogens is 1. The molecule has 0 spiro atoms. The molecule has 0 saturated carbocycles. The van der Waals surface area contributed by atoms with Crippen LogP contribution < -0.4 is 10.6 Å². The summed E-state index contributed by atoms with van der Waals surface area (Å²) in [5.74, 6) is 0.766. The van der Waals surface area contributed by atoms with Gasteiger partial charge in [0.25, 0.3) is 0 Å². The summed E-state index contributed by atoms with van der Waals surface area (Å²) in [6.45, 7) is 12.6. The number of ether oxygens (including phenoxy) is 1. The molecule has 160 valence electrons. The van der Waals surface area contributed by atoms with E-state index in [-0.39, 0.29) is 36.1 Å². The van der Waals surface area contributed by atoms with Crippen molar-refractivity contribution in [2.45, 2.75) is 72.1 Å². The second-order valence-electron chi connectivity index (χ2n) is 7.68. The van der Waals surface area contributed by atoms with Gasteiger partial charge in [-0.1, -0.05) is 6.92 Å². The van der Waals surface area contributed by atoms with Crippen molar-refractivity contribution in [1.82, 2.24) is 20.5 Å². The highest BCUT2D eigenvalue weighted by molar-refractivity contribution is 14.0. The quantitative estimate of drug-likeness (QED) is 0.349. The van der Waals surface area contributed by atoms with Crippen molar-refractivity contribution in [1.29, 1.82) is 0 Å². The highest BCUT2D eigenvalue weighted by Crippen LogP contribution is 2.16. The Balaban J connectivity index is 0.00000392. The summed E-state index contributed by atoms with van der Waals surface area (Å²) in [4.78, 5) is 24.5. The molecule has 2 heterocycles. The molecule has 0 bridgehead atoms. The normalized spacial score (nSPS) is 17.7. The molecule has 0 aliphatic carbocycles. The molecular weight excluding hydrogens is 489 g/mol. The van der Waals surface area contributed by atoms with E-state index in [1.54, 1.807) is 16.2 Å². The molecule has 1 fully saturated rings. The van der Waals surface area contributed by atoms with E-state index in [0.717, 1.165) is 43.3 Å². The van der Waals surface area contributed by atoms with Gasteiger partial charge in [0, 0.05) is 36.8 Å². The number of halogens is 1. The highest BCUT2D eigenvalue weighted by atomic mass is 127. The molecule has 2 N–H and O–H groups in total. The number of amides is 1. The van der Waals surface area contributed by atoms with Crippen molar-refractivity contribution in [2.75, 3.05) is 19.6 Å². The maximum atomic E-state index is 12.3. The van der Waals surface area contributed by atoms with Crippen molar-refractivity contribution >= 4 is 47.4 Å². The molecule has 7 nitrogen and oxygen atoms in total. The predicted octanol–water partition coefficient (Wildman–Crippen LogP) is 3.78. The first-order valence-corrected chi connectivity index (χ1v) is 10.6. The number of hydrogen-bond acceptors (Lipinski definition) is 5. The average molecular weight is 523 g/mol. The van der Waals surface area contributed by atoms with E-state index >= 15 is 0 Å². The monoisotopic (exact) mass is 523 g/mol.